The van der Waals surface area contributed by atoms with Crippen LogP contribution in [-0.4, -0.2) is 14.7 Å². The van der Waals surface area contributed by atoms with E-state index in [1.165, 1.54) is 4.57 Å². The fourth-order valence-corrected chi connectivity index (χ4v) is 2.36. The maximum atomic E-state index is 12.2. The zero-order chi connectivity index (χ0) is 14.3. The molecule has 0 aliphatic carbocycles. The summed E-state index contributed by atoms with van der Waals surface area (Å²) in [6.07, 6.45) is 1.62. The number of aromatic hydroxyl groups is 1. The van der Waals surface area contributed by atoms with Crippen LogP contribution in [0.25, 0.3) is 22.2 Å². The predicted molar refractivity (Wildman–Crippen MR) is 78.5 cm³/mol. The van der Waals surface area contributed by atoms with Gasteiger partial charge < -0.3 is 10.8 Å². The first-order valence-electron chi connectivity index (χ1n) is 6.13. The summed E-state index contributed by atoms with van der Waals surface area (Å²) < 4.78 is 1.41. The zero-order valence-electron chi connectivity index (χ0n) is 10.9. The monoisotopic (exact) mass is 267 g/mol. The van der Waals surface area contributed by atoms with Gasteiger partial charge in [0.2, 0.25) is 0 Å². The number of phenolic OH excluding ortho intramolecular Hbond substituents is 1. The molecule has 0 fully saturated rings. The van der Waals surface area contributed by atoms with Crippen LogP contribution in [0, 0.1) is 0 Å². The quantitative estimate of drug-likeness (QED) is 0.705. The molecule has 0 aliphatic heterocycles. The molecule has 0 unspecified atom stereocenters. The molecular formula is C15H13N3O2. The molecule has 3 aromatic rings. The summed E-state index contributed by atoms with van der Waals surface area (Å²) in [5.74, 6) is 0.0811. The number of pyridine rings is 2. The number of phenols is 1. The first-order chi connectivity index (χ1) is 9.61. The van der Waals surface area contributed by atoms with E-state index in [0.29, 0.717) is 16.8 Å². The summed E-state index contributed by atoms with van der Waals surface area (Å²) in [6, 6.07) is 10.4. The van der Waals surface area contributed by atoms with E-state index in [4.69, 9.17) is 5.73 Å². The second-order valence-corrected chi connectivity index (χ2v) is 4.54. The molecule has 0 amide bonds. The number of fused-ring (bicyclic) bond motifs is 1. The second kappa shape index (κ2) is 4.38. The van der Waals surface area contributed by atoms with E-state index >= 15 is 0 Å². The van der Waals surface area contributed by atoms with Gasteiger partial charge in [0, 0.05) is 29.8 Å². The molecule has 0 saturated heterocycles. The van der Waals surface area contributed by atoms with Crippen molar-refractivity contribution in [3.63, 3.8) is 0 Å². The Morgan fingerprint density at radius 3 is 2.70 bits per heavy atom. The SMILES string of the molecule is Cn1c(=O)c(N)c(-c2ccccc2O)c2cccnc21. The van der Waals surface area contributed by atoms with E-state index in [2.05, 4.69) is 4.98 Å². The van der Waals surface area contributed by atoms with Gasteiger partial charge in [0.05, 0.1) is 0 Å². The molecule has 20 heavy (non-hydrogen) atoms. The lowest BCUT2D eigenvalue weighted by Crippen LogP contribution is -2.22. The van der Waals surface area contributed by atoms with Crippen molar-refractivity contribution in [1.29, 1.82) is 0 Å². The van der Waals surface area contributed by atoms with Crippen LogP contribution in [0.15, 0.2) is 47.4 Å². The Morgan fingerprint density at radius 1 is 1.20 bits per heavy atom. The molecule has 2 aromatic heterocycles. The Balaban J connectivity index is 2.54. The average molecular weight is 267 g/mol. The highest BCUT2D eigenvalue weighted by atomic mass is 16.3. The Hall–Kier alpha value is -2.82. The largest absolute Gasteiger partial charge is 0.507 e. The molecule has 0 bridgehead atoms. The predicted octanol–water partition coefficient (Wildman–Crippen LogP) is 1.89. The van der Waals surface area contributed by atoms with Crippen molar-refractivity contribution in [2.75, 3.05) is 5.73 Å². The third kappa shape index (κ3) is 1.64. The van der Waals surface area contributed by atoms with Crippen LogP contribution < -0.4 is 11.3 Å². The minimum atomic E-state index is -0.325. The molecule has 0 radical (unpaired) electrons. The van der Waals surface area contributed by atoms with Gasteiger partial charge in [-0.2, -0.15) is 0 Å². The van der Waals surface area contributed by atoms with Crippen LogP contribution in [0.5, 0.6) is 5.75 Å². The average Bonchev–Trinajstić information content (AvgIpc) is 2.47. The fraction of sp³-hybridized carbons (Fsp3) is 0.0667. The van der Waals surface area contributed by atoms with Crippen molar-refractivity contribution < 1.29 is 5.11 Å². The van der Waals surface area contributed by atoms with Crippen LogP contribution in [0.3, 0.4) is 0 Å². The minimum Gasteiger partial charge on any atom is -0.507 e. The number of aromatic nitrogens is 2. The number of hydrogen-bond acceptors (Lipinski definition) is 4. The zero-order valence-corrected chi connectivity index (χ0v) is 10.9. The lowest BCUT2D eigenvalue weighted by Gasteiger charge is -2.13. The number of para-hydroxylation sites is 1. The normalized spacial score (nSPS) is 10.8. The van der Waals surface area contributed by atoms with Gasteiger partial charge in [-0.05, 0) is 18.2 Å². The van der Waals surface area contributed by atoms with Crippen LogP contribution in [0.1, 0.15) is 0 Å². The van der Waals surface area contributed by atoms with Gasteiger partial charge >= 0.3 is 0 Å². The van der Waals surface area contributed by atoms with E-state index in [9.17, 15) is 9.90 Å². The van der Waals surface area contributed by atoms with E-state index in [1.54, 1.807) is 43.6 Å². The Kier molecular flexibility index (Phi) is 2.68. The number of aryl methyl sites for hydroxylation is 1. The number of benzene rings is 1. The summed E-state index contributed by atoms with van der Waals surface area (Å²) in [7, 11) is 1.63. The van der Waals surface area contributed by atoms with Gasteiger partial charge in [-0.15, -0.1) is 0 Å². The van der Waals surface area contributed by atoms with Gasteiger partial charge in [-0.1, -0.05) is 18.2 Å². The van der Waals surface area contributed by atoms with Crippen LogP contribution in [0.4, 0.5) is 5.69 Å². The van der Waals surface area contributed by atoms with E-state index in [0.717, 1.165) is 5.39 Å². The first kappa shape index (κ1) is 12.2. The standard InChI is InChI=1S/C15H13N3O2/c1-18-14-10(6-4-8-17-14)12(13(16)15(18)20)9-5-2-3-7-11(9)19/h2-8,19H,16H2,1H3. The summed E-state index contributed by atoms with van der Waals surface area (Å²) in [6.45, 7) is 0. The van der Waals surface area contributed by atoms with Crippen molar-refractivity contribution in [2.45, 2.75) is 0 Å². The van der Waals surface area contributed by atoms with E-state index in [1.807, 2.05) is 6.07 Å². The van der Waals surface area contributed by atoms with Gasteiger partial charge in [0.15, 0.2) is 0 Å². The van der Waals surface area contributed by atoms with E-state index in [-0.39, 0.29) is 17.0 Å². The van der Waals surface area contributed by atoms with Crippen LogP contribution in [-0.2, 0) is 7.05 Å². The lowest BCUT2D eigenvalue weighted by molar-refractivity contribution is 0.477. The Morgan fingerprint density at radius 2 is 1.95 bits per heavy atom. The number of nitrogen functional groups attached to an aromatic ring is 1. The summed E-state index contributed by atoms with van der Waals surface area (Å²) >= 11 is 0. The van der Waals surface area contributed by atoms with E-state index < -0.39 is 0 Å². The van der Waals surface area contributed by atoms with Crippen molar-refractivity contribution >= 4 is 16.7 Å². The smallest absolute Gasteiger partial charge is 0.275 e. The molecule has 1 aromatic carbocycles. The molecule has 0 spiro atoms. The maximum Gasteiger partial charge on any atom is 0.275 e. The Labute approximate surface area is 114 Å². The number of anilines is 1. The summed E-state index contributed by atoms with van der Waals surface area (Å²) in [4.78, 5) is 16.4. The maximum absolute atomic E-state index is 12.2. The molecule has 3 rings (SSSR count). The van der Waals surface area contributed by atoms with Crippen molar-refractivity contribution in [3.8, 4) is 16.9 Å². The molecule has 5 heteroatoms. The molecule has 5 nitrogen and oxygen atoms in total. The number of nitrogens with two attached hydrogens (primary N) is 1. The first-order valence-corrected chi connectivity index (χ1v) is 6.13. The van der Waals surface area contributed by atoms with Gasteiger partial charge in [0.25, 0.3) is 5.56 Å². The molecular weight excluding hydrogens is 254 g/mol. The third-order valence-corrected chi connectivity index (χ3v) is 3.35. The topological polar surface area (TPSA) is 81.1 Å². The third-order valence-electron chi connectivity index (χ3n) is 3.35. The van der Waals surface area contributed by atoms with Gasteiger partial charge in [-0.25, -0.2) is 4.98 Å². The highest BCUT2D eigenvalue weighted by Crippen LogP contribution is 2.35. The van der Waals surface area contributed by atoms with Gasteiger partial charge in [0.1, 0.15) is 17.1 Å². The number of hydrogen-bond donors (Lipinski definition) is 2. The Bertz CT molecular complexity index is 869. The molecule has 100 valence electrons. The molecule has 0 saturated carbocycles. The van der Waals surface area contributed by atoms with Crippen LogP contribution in [0.2, 0.25) is 0 Å². The molecule has 2 heterocycles. The molecule has 3 N–H and O–H groups in total. The van der Waals surface area contributed by atoms with Crippen molar-refractivity contribution in [2.24, 2.45) is 7.05 Å². The second-order valence-electron chi connectivity index (χ2n) is 4.54. The van der Waals surface area contributed by atoms with Crippen molar-refractivity contribution in [3.05, 3.63) is 52.9 Å². The highest BCUT2D eigenvalue weighted by molar-refractivity contribution is 6.00. The lowest BCUT2D eigenvalue weighted by atomic mass is 10.00. The molecule has 0 aliphatic rings. The van der Waals surface area contributed by atoms with Crippen LogP contribution >= 0.6 is 0 Å². The minimum absolute atomic E-state index is 0.0811. The number of rotatable bonds is 1. The fourth-order valence-electron chi connectivity index (χ4n) is 2.36. The van der Waals surface area contributed by atoms with Gasteiger partial charge in [-0.3, -0.25) is 9.36 Å². The summed E-state index contributed by atoms with van der Waals surface area (Å²) in [5.41, 5.74) is 7.34. The summed E-state index contributed by atoms with van der Waals surface area (Å²) in [5, 5.41) is 10.8. The number of nitrogens with zero attached hydrogens (tertiary/aromatic N) is 2. The highest BCUT2D eigenvalue weighted by Gasteiger charge is 2.16. The van der Waals surface area contributed by atoms with Crippen molar-refractivity contribution in [1.82, 2.24) is 9.55 Å². The molecule has 0 atom stereocenters.